The van der Waals surface area contributed by atoms with E-state index in [-0.39, 0.29) is 18.0 Å². The normalized spacial score (nSPS) is 17.9. The quantitative estimate of drug-likeness (QED) is 0.243. The van der Waals surface area contributed by atoms with Gasteiger partial charge in [0.25, 0.3) is 0 Å². The first kappa shape index (κ1) is 21.8. The summed E-state index contributed by atoms with van der Waals surface area (Å²) in [7, 11) is 0. The van der Waals surface area contributed by atoms with Gasteiger partial charge in [-0.2, -0.15) is 0 Å². The van der Waals surface area contributed by atoms with Gasteiger partial charge in [-0.05, 0) is 40.8 Å². The topological polar surface area (TPSA) is 23.3 Å². The minimum atomic E-state index is -0.107. The molecular formula is C29H30N2O. The molecule has 0 N–H and O–H groups in total. The van der Waals surface area contributed by atoms with Crippen LogP contribution in [-0.4, -0.2) is 41.4 Å². The van der Waals surface area contributed by atoms with Crippen LogP contribution in [0.1, 0.15) is 23.6 Å². The lowest BCUT2D eigenvalue weighted by Gasteiger charge is -2.24. The van der Waals surface area contributed by atoms with Crippen LogP contribution in [0.2, 0.25) is 0 Å². The van der Waals surface area contributed by atoms with Gasteiger partial charge in [0.1, 0.15) is 6.04 Å². The Bertz CT molecular complexity index is 1120. The van der Waals surface area contributed by atoms with Crippen molar-refractivity contribution in [3.63, 3.8) is 0 Å². The van der Waals surface area contributed by atoms with E-state index >= 15 is 0 Å². The SMILES string of the molecule is C=C=CC(c1cccc2ccccc12)N1CC1C(=O)N(CCC=C)CCc1ccccc1. The van der Waals surface area contributed by atoms with E-state index < -0.39 is 0 Å². The molecule has 162 valence electrons. The smallest absolute Gasteiger partial charge is 0.241 e. The number of carbonyl (C=O) groups is 1. The van der Waals surface area contributed by atoms with Crippen molar-refractivity contribution >= 4 is 16.7 Å². The summed E-state index contributed by atoms with van der Waals surface area (Å²) >= 11 is 0. The van der Waals surface area contributed by atoms with E-state index in [2.05, 4.69) is 78.4 Å². The molecule has 0 aromatic heterocycles. The molecule has 1 amide bonds. The van der Waals surface area contributed by atoms with E-state index in [0.717, 1.165) is 25.9 Å². The van der Waals surface area contributed by atoms with E-state index in [1.807, 2.05) is 35.3 Å². The highest BCUT2D eigenvalue weighted by molar-refractivity contribution is 5.88. The van der Waals surface area contributed by atoms with Crippen molar-refractivity contribution in [1.29, 1.82) is 0 Å². The average Bonchev–Trinajstić information content (AvgIpc) is 3.63. The molecule has 3 heteroatoms. The first-order valence-electron chi connectivity index (χ1n) is 11.3. The van der Waals surface area contributed by atoms with Gasteiger partial charge in [0.05, 0.1) is 6.04 Å². The lowest BCUT2D eigenvalue weighted by Crippen LogP contribution is -2.38. The molecule has 1 saturated heterocycles. The molecule has 0 spiro atoms. The lowest BCUT2D eigenvalue weighted by atomic mass is 9.98. The maximum absolute atomic E-state index is 13.4. The molecule has 0 saturated carbocycles. The van der Waals surface area contributed by atoms with Gasteiger partial charge in [0.15, 0.2) is 0 Å². The Morgan fingerprint density at radius 1 is 1.06 bits per heavy atom. The van der Waals surface area contributed by atoms with Crippen molar-refractivity contribution in [2.45, 2.75) is 24.9 Å². The van der Waals surface area contributed by atoms with E-state index in [4.69, 9.17) is 0 Å². The van der Waals surface area contributed by atoms with Gasteiger partial charge in [-0.25, -0.2) is 0 Å². The maximum atomic E-state index is 13.4. The Morgan fingerprint density at radius 2 is 1.81 bits per heavy atom. The summed E-state index contributed by atoms with van der Waals surface area (Å²) in [5.74, 6) is 0.200. The number of hydrogen-bond acceptors (Lipinski definition) is 2. The van der Waals surface area contributed by atoms with Gasteiger partial charge >= 0.3 is 0 Å². The third kappa shape index (κ3) is 4.91. The van der Waals surface area contributed by atoms with Crippen molar-refractivity contribution in [3.05, 3.63) is 115 Å². The predicted molar refractivity (Wildman–Crippen MR) is 132 cm³/mol. The Morgan fingerprint density at radius 3 is 2.59 bits per heavy atom. The summed E-state index contributed by atoms with van der Waals surface area (Å²) in [6, 6.07) is 25.0. The third-order valence-electron chi connectivity index (χ3n) is 6.14. The molecule has 32 heavy (non-hydrogen) atoms. The number of amides is 1. The van der Waals surface area contributed by atoms with Crippen LogP contribution in [0.15, 0.2) is 104 Å². The second-order valence-electron chi connectivity index (χ2n) is 8.23. The summed E-state index contributed by atoms with van der Waals surface area (Å²) in [4.78, 5) is 17.7. The number of carbonyl (C=O) groups excluding carboxylic acids is 1. The first-order valence-corrected chi connectivity index (χ1v) is 11.3. The zero-order chi connectivity index (χ0) is 22.3. The van der Waals surface area contributed by atoms with Crippen LogP contribution < -0.4 is 0 Å². The number of benzene rings is 3. The fourth-order valence-corrected chi connectivity index (χ4v) is 4.36. The van der Waals surface area contributed by atoms with Crippen molar-refractivity contribution in [2.75, 3.05) is 19.6 Å². The average molecular weight is 423 g/mol. The molecule has 3 aromatic carbocycles. The molecular weight excluding hydrogens is 392 g/mol. The maximum Gasteiger partial charge on any atom is 0.241 e. The number of rotatable bonds is 10. The number of nitrogens with zero attached hydrogens (tertiary/aromatic N) is 2. The second-order valence-corrected chi connectivity index (χ2v) is 8.23. The monoisotopic (exact) mass is 422 g/mol. The summed E-state index contributed by atoms with van der Waals surface area (Å²) in [6.45, 7) is 9.82. The van der Waals surface area contributed by atoms with Crippen molar-refractivity contribution in [3.8, 4) is 0 Å². The highest BCUT2D eigenvalue weighted by Crippen LogP contribution is 2.37. The Balaban J connectivity index is 1.52. The van der Waals surface area contributed by atoms with Crippen LogP contribution >= 0.6 is 0 Å². The predicted octanol–water partition coefficient (Wildman–Crippen LogP) is 5.55. The standard InChI is InChI=1S/C29H30N2O/c1-3-5-20-30(21-19-23-13-7-6-8-14-23)29(32)28-22-31(28)27(12-4-2)26-18-11-16-24-15-9-10-17-25(24)26/h3,6-18,27-28H,1-2,5,19-22H2. The molecule has 4 rings (SSSR count). The second kappa shape index (κ2) is 10.3. The van der Waals surface area contributed by atoms with Crippen LogP contribution in [0.5, 0.6) is 0 Å². The van der Waals surface area contributed by atoms with Gasteiger partial charge in [0.2, 0.25) is 5.91 Å². The Kier molecular flexibility index (Phi) is 7.01. The number of hydrogen-bond donors (Lipinski definition) is 0. The molecule has 1 fully saturated rings. The van der Waals surface area contributed by atoms with Gasteiger partial charge in [-0.15, -0.1) is 12.3 Å². The molecule has 0 radical (unpaired) electrons. The first-order chi connectivity index (χ1) is 15.7. The molecule has 1 heterocycles. The largest absolute Gasteiger partial charge is 0.341 e. The van der Waals surface area contributed by atoms with E-state index in [1.165, 1.54) is 21.9 Å². The molecule has 3 aromatic rings. The van der Waals surface area contributed by atoms with Crippen LogP contribution in [0, 0.1) is 0 Å². The fourth-order valence-electron chi connectivity index (χ4n) is 4.36. The minimum Gasteiger partial charge on any atom is -0.341 e. The van der Waals surface area contributed by atoms with Crippen molar-refractivity contribution < 1.29 is 4.79 Å². The van der Waals surface area contributed by atoms with E-state index in [0.29, 0.717) is 6.54 Å². The van der Waals surface area contributed by atoms with Gasteiger partial charge in [-0.1, -0.05) is 85.5 Å². The Labute approximate surface area is 191 Å². The summed E-state index contributed by atoms with van der Waals surface area (Å²) in [6.07, 6.45) is 5.52. The third-order valence-corrected chi connectivity index (χ3v) is 6.14. The molecule has 3 atom stereocenters. The Hall–Kier alpha value is -3.39. The van der Waals surface area contributed by atoms with Crippen LogP contribution in [-0.2, 0) is 11.2 Å². The zero-order valence-corrected chi connectivity index (χ0v) is 18.5. The molecule has 1 aliphatic heterocycles. The van der Waals surface area contributed by atoms with Crippen molar-refractivity contribution in [2.24, 2.45) is 0 Å². The summed E-state index contributed by atoms with van der Waals surface area (Å²) in [5, 5.41) is 2.41. The summed E-state index contributed by atoms with van der Waals surface area (Å²) < 4.78 is 0. The van der Waals surface area contributed by atoms with E-state index in [9.17, 15) is 4.79 Å². The molecule has 1 aliphatic rings. The van der Waals surface area contributed by atoms with Crippen LogP contribution in [0.4, 0.5) is 0 Å². The molecule has 3 nitrogen and oxygen atoms in total. The minimum absolute atomic E-state index is 0.0112. The van der Waals surface area contributed by atoms with Crippen LogP contribution in [0.3, 0.4) is 0 Å². The number of fused-ring (bicyclic) bond motifs is 1. The molecule has 0 aliphatic carbocycles. The van der Waals surface area contributed by atoms with Crippen LogP contribution in [0.25, 0.3) is 10.8 Å². The lowest BCUT2D eigenvalue weighted by molar-refractivity contribution is -0.131. The van der Waals surface area contributed by atoms with Crippen molar-refractivity contribution in [1.82, 2.24) is 9.80 Å². The van der Waals surface area contributed by atoms with Gasteiger partial charge in [0, 0.05) is 19.6 Å². The molecule has 0 bridgehead atoms. The van der Waals surface area contributed by atoms with Gasteiger partial charge < -0.3 is 4.90 Å². The summed E-state index contributed by atoms with van der Waals surface area (Å²) in [5.41, 5.74) is 5.41. The molecule has 3 unspecified atom stereocenters. The van der Waals surface area contributed by atoms with Gasteiger partial charge in [-0.3, -0.25) is 9.69 Å². The fraction of sp³-hybridized carbons (Fsp3) is 0.241. The van der Waals surface area contributed by atoms with E-state index in [1.54, 1.807) is 0 Å². The highest BCUT2D eigenvalue weighted by atomic mass is 16.2. The highest BCUT2D eigenvalue weighted by Gasteiger charge is 2.46. The zero-order valence-electron chi connectivity index (χ0n) is 18.5.